The summed E-state index contributed by atoms with van der Waals surface area (Å²) in [6.45, 7) is 3.07. The number of halogens is 1. The van der Waals surface area contributed by atoms with Gasteiger partial charge < -0.3 is 19.1 Å². The predicted molar refractivity (Wildman–Crippen MR) is 163 cm³/mol. The molecule has 0 bridgehead atoms. The molecule has 1 amide bonds. The minimum Gasteiger partial charge on any atom is -0.493 e. The van der Waals surface area contributed by atoms with Gasteiger partial charge in [-0.25, -0.2) is 14.2 Å². The minimum absolute atomic E-state index is 0.125. The van der Waals surface area contributed by atoms with Crippen LogP contribution in [0.2, 0.25) is 0 Å². The number of para-hydroxylation sites is 1. The summed E-state index contributed by atoms with van der Waals surface area (Å²) in [5.41, 5.74) is 2.51. The zero-order valence-electron chi connectivity index (χ0n) is 24.6. The van der Waals surface area contributed by atoms with Crippen LogP contribution in [-0.2, 0) is 25.7 Å². The van der Waals surface area contributed by atoms with Gasteiger partial charge in [0.15, 0.2) is 16.3 Å². The van der Waals surface area contributed by atoms with Crippen molar-refractivity contribution < 1.29 is 33.0 Å². The number of hydrogen-bond acceptors (Lipinski definition) is 9. The summed E-state index contributed by atoms with van der Waals surface area (Å²) in [6, 6.07) is 16.7. The number of methoxy groups -OCH3 is 2. The summed E-state index contributed by atoms with van der Waals surface area (Å²) in [5.74, 6) is -1.63. The summed E-state index contributed by atoms with van der Waals surface area (Å²) < 4.78 is 30.9. The van der Waals surface area contributed by atoms with Gasteiger partial charge in [0.05, 0.1) is 49.3 Å². The lowest BCUT2D eigenvalue weighted by Gasteiger charge is -2.25. The quantitative estimate of drug-likeness (QED) is 0.238. The molecule has 1 atom stereocenters. The number of anilines is 1. The average Bonchev–Trinajstić information content (AvgIpc) is 3.49. The third kappa shape index (κ3) is 5.12. The van der Waals surface area contributed by atoms with E-state index in [9.17, 15) is 23.6 Å². The van der Waals surface area contributed by atoms with Crippen LogP contribution in [-0.4, -0.2) is 36.6 Å². The first-order valence-corrected chi connectivity index (χ1v) is 14.6. The predicted octanol–water partition coefficient (Wildman–Crippen LogP) is 3.40. The summed E-state index contributed by atoms with van der Waals surface area (Å²) in [5, 5.41) is 0. The molecular weight excluding hydrogens is 601 g/mol. The largest absolute Gasteiger partial charge is 0.493 e. The van der Waals surface area contributed by atoms with Crippen LogP contribution in [0.1, 0.15) is 36.6 Å². The second-order valence-corrected chi connectivity index (χ2v) is 11.3. The monoisotopic (exact) mass is 627 g/mol. The number of nitrogens with zero attached hydrogens (tertiary/aromatic N) is 3. The Hall–Kier alpha value is -5.36. The van der Waals surface area contributed by atoms with Gasteiger partial charge in [-0.15, -0.1) is 0 Å². The maximum Gasteiger partial charge on any atom is 0.338 e. The van der Waals surface area contributed by atoms with E-state index in [0.717, 1.165) is 11.3 Å². The maximum atomic E-state index is 14.4. The first kappa shape index (κ1) is 29.7. The van der Waals surface area contributed by atoms with Crippen LogP contribution in [0.5, 0.6) is 11.5 Å². The van der Waals surface area contributed by atoms with Gasteiger partial charge in [0.25, 0.3) is 11.5 Å². The first-order chi connectivity index (χ1) is 21.6. The summed E-state index contributed by atoms with van der Waals surface area (Å²) in [4.78, 5) is 59.6. The van der Waals surface area contributed by atoms with Gasteiger partial charge in [0, 0.05) is 12.5 Å². The normalized spacial score (nSPS) is 16.6. The van der Waals surface area contributed by atoms with Crippen LogP contribution in [0.15, 0.2) is 87.8 Å². The summed E-state index contributed by atoms with van der Waals surface area (Å²) in [6.07, 6.45) is 0. The Bertz CT molecular complexity index is 2110. The lowest BCUT2D eigenvalue weighted by Crippen LogP contribution is -2.40. The van der Waals surface area contributed by atoms with Crippen molar-refractivity contribution in [1.29, 1.82) is 0 Å². The van der Waals surface area contributed by atoms with Crippen molar-refractivity contribution >= 4 is 40.4 Å². The van der Waals surface area contributed by atoms with Gasteiger partial charge >= 0.3 is 11.9 Å². The molecule has 0 radical (unpaired) electrons. The number of hydrogen-bond donors (Lipinski definition) is 0. The van der Waals surface area contributed by atoms with E-state index in [1.807, 2.05) is 0 Å². The van der Waals surface area contributed by atoms with E-state index < -0.39 is 29.4 Å². The molecule has 2 aliphatic rings. The molecule has 0 fully saturated rings. The summed E-state index contributed by atoms with van der Waals surface area (Å²) in [7, 11) is 2.64. The standard InChI is InChI=1S/C33H26FN3O7S/c1-17-26(32(41)43-4)28(20-11-14-24(44-18(2)38)25(15-20)42-3)37-31(40)29(45-33(37)35-17)27-22-7-5-6-8-23(22)36(30(27)39)16-19-9-12-21(34)13-10-19/h5-15,28H,16H2,1-4H3/b29-27-/t28-/m0/s1. The van der Waals surface area contributed by atoms with Crippen molar-refractivity contribution in [2.24, 2.45) is 4.99 Å². The van der Waals surface area contributed by atoms with Gasteiger partial charge in [0.2, 0.25) is 0 Å². The van der Waals surface area contributed by atoms with Gasteiger partial charge in [-0.1, -0.05) is 47.7 Å². The molecule has 0 N–H and O–H groups in total. The molecule has 1 aromatic heterocycles. The molecule has 6 rings (SSSR count). The van der Waals surface area contributed by atoms with Gasteiger partial charge in [-0.3, -0.25) is 19.0 Å². The van der Waals surface area contributed by atoms with Crippen molar-refractivity contribution in [2.45, 2.75) is 26.4 Å². The number of thiazole rings is 1. The third-order valence-corrected chi connectivity index (χ3v) is 8.62. The molecule has 228 valence electrons. The fourth-order valence-corrected chi connectivity index (χ4v) is 6.72. The third-order valence-electron chi connectivity index (χ3n) is 7.56. The van der Waals surface area contributed by atoms with E-state index in [4.69, 9.17) is 14.2 Å². The number of allylic oxidation sites excluding steroid dienone is 1. The lowest BCUT2D eigenvalue weighted by molar-refractivity contribution is -0.136. The van der Waals surface area contributed by atoms with Crippen molar-refractivity contribution in [3.8, 4) is 11.5 Å². The molecular formula is C33H26FN3O7S. The molecule has 3 heterocycles. The highest BCUT2D eigenvalue weighted by Crippen LogP contribution is 2.38. The Morgan fingerprint density at radius 2 is 1.73 bits per heavy atom. The number of benzene rings is 3. The van der Waals surface area contributed by atoms with E-state index >= 15 is 0 Å². The molecule has 10 nitrogen and oxygen atoms in total. The molecule has 0 spiro atoms. The number of aromatic nitrogens is 1. The zero-order valence-corrected chi connectivity index (χ0v) is 25.4. The number of esters is 2. The lowest BCUT2D eigenvalue weighted by atomic mass is 9.95. The Morgan fingerprint density at radius 1 is 1.00 bits per heavy atom. The number of carbonyl (C=O) groups excluding carboxylic acids is 3. The van der Waals surface area contributed by atoms with Crippen LogP contribution in [0.3, 0.4) is 0 Å². The Morgan fingerprint density at radius 3 is 2.42 bits per heavy atom. The topological polar surface area (TPSA) is 117 Å². The van der Waals surface area contributed by atoms with Crippen LogP contribution in [0.4, 0.5) is 10.1 Å². The highest BCUT2D eigenvalue weighted by Gasteiger charge is 2.37. The molecule has 0 unspecified atom stereocenters. The Balaban J connectivity index is 1.56. The smallest absolute Gasteiger partial charge is 0.338 e. The number of carbonyl (C=O) groups is 3. The van der Waals surface area contributed by atoms with E-state index in [-0.39, 0.29) is 44.3 Å². The Kier molecular flexibility index (Phi) is 7.67. The second-order valence-electron chi connectivity index (χ2n) is 10.3. The number of rotatable bonds is 6. The van der Waals surface area contributed by atoms with Gasteiger partial charge in [-0.05, 0) is 48.4 Å². The Labute approximate surface area is 259 Å². The number of ether oxygens (including phenoxy) is 3. The molecule has 0 saturated carbocycles. The highest BCUT2D eigenvalue weighted by atomic mass is 32.1. The molecule has 2 aliphatic heterocycles. The number of fused-ring (bicyclic) bond motifs is 2. The van der Waals surface area contributed by atoms with Crippen molar-refractivity contribution in [3.63, 3.8) is 0 Å². The minimum atomic E-state index is -0.995. The van der Waals surface area contributed by atoms with Gasteiger partial charge in [0.1, 0.15) is 10.3 Å². The van der Waals surface area contributed by atoms with Crippen LogP contribution in [0.25, 0.3) is 5.57 Å². The van der Waals surface area contributed by atoms with Crippen LogP contribution < -0.4 is 29.3 Å². The van der Waals surface area contributed by atoms with Crippen molar-refractivity contribution in [3.05, 3.63) is 120 Å². The molecule has 12 heteroatoms. The van der Waals surface area contributed by atoms with E-state index in [2.05, 4.69) is 4.99 Å². The molecule has 0 saturated heterocycles. The SMILES string of the molecule is COC(=O)C1=C(C)N=c2s/c(=C3\C(=O)N(Cc4ccc(F)cc4)c4ccccc43)c(=O)n2[C@H]1c1ccc(OC(C)=O)c(OC)c1. The average molecular weight is 628 g/mol. The van der Waals surface area contributed by atoms with Crippen molar-refractivity contribution in [1.82, 2.24) is 4.57 Å². The van der Waals surface area contributed by atoms with Crippen LogP contribution >= 0.6 is 11.3 Å². The van der Waals surface area contributed by atoms with Crippen molar-refractivity contribution in [2.75, 3.05) is 19.1 Å². The fraction of sp³-hybridized carbons (Fsp3) is 0.182. The highest BCUT2D eigenvalue weighted by molar-refractivity contribution is 7.07. The molecule has 3 aromatic carbocycles. The first-order valence-electron chi connectivity index (χ1n) is 13.8. The fourth-order valence-electron chi connectivity index (χ4n) is 5.58. The van der Waals surface area contributed by atoms with E-state index in [1.54, 1.807) is 60.4 Å². The zero-order chi connectivity index (χ0) is 32.0. The second kappa shape index (κ2) is 11.6. The van der Waals surface area contributed by atoms with Gasteiger partial charge in [-0.2, -0.15) is 0 Å². The molecule has 4 aromatic rings. The summed E-state index contributed by atoms with van der Waals surface area (Å²) >= 11 is 1.04. The molecule has 0 aliphatic carbocycles. The van der Waals surface area contributed by atoms with E-state index in [0.29, 0.717) is 28.1 Å². The molecule has 45 heavy (non-hydrogen) atoms. The van der Waals surface area contributed by atoms with E-state index in [1.165, 1.54) is 43.9 Å². The number of amides is 1. The maximum absolute atomic E-state index is 14.4. The van der Waals surface area contributed by atoms with Crippen LogP contribution in [0, 0.1) is 5.82 Å².